The molecule has 1 amide bonds. The molecule has 0 aliphatic carbocycles. The molecule has 1 unspecified atom stereocenters. The topological polar surface area (TPSA) is 54.5 Å². The molecule has 7 heteroatoms. The lowest BCUT2D eigenvalue weighted by Crippen LogP contribution is -2.40. The molecule has 2 heterocycles. The first-order valence-corrected chi connectivity index (χ1v) is 12.4. The van der Waals surface area contributed by atoms with Gasteiger partial charge in [0.25, 0.3) is 0 Å². The Bertz CT molecular complexity index is 966. The van der Waals surface area contributed by atoms with E-state index in [0.717, 1.165) is 28.2 Å². The Morgan fingerprint density at radius 2 is 2.07 bits per heavy atom. The molecule has 0 radical (unpaired) electrons. The number of amides is 1. The Labute approximate surface area is 175 Å². The summed E-state index contributed by atoms with van der Waals surface area (Å²) in [4.78, 5) is 16.5. The first-order valence-electron chi connectivity index (χ1n) is 9.43. The number of unbranched alkanes of at least 4 members (excludes halogenated alkanes) is 1. The summed E-state index contributed by atoms with van der Waals surface area (Å²) < 4.78 is 23.6. The Kier molecular flexibility index (Phi) is 6.96. The zero-order chi connectivity index (χ0) is 20.1. The Morgan fingerprint density at radius 3 is 2.75 bits per heavy atom. The molecule has 1 atom stereocenters. The van der Waals surface area contributed by atoms with Crippen LogP contribution in [-0.2, 0) is 14.6 Å². The van der Waals surface area contributed by atoms with Gasteiger partial charge in [-0.3, -0.25) is 4.79 Å². The van der Waals surface area contributed by atoms with Crippen LogP contribution in [0.1, 0.15) is 31.1 Å². The summed E-state index contributed by atoms with van der Waals surface area (Å²) in [7, 11) is -3.03. The van der Waals surface area contributed by atoms with Gasteiger partial charge in [0.2, 0.25) is 5.91 Å². The van der Waals surface area contributed by atoms with Crippen LogP contribution in [0.25, 0.3) is 16.5 Å². The van der Waals surface area contributed by atoms with Crippen LogP contribution in [0.4, 0.5) is 0 Å². The highest BCUT2D eigenvalue weighted by atomic mass is 35.5. The van der Waals surface area contributed by atoms with Crippen molar-refractivity contribution in [3.05, 3.63) is 52.4 Å². The lowest BCUT2D eigenvalue weighted by molar-refractivity contribution is -0.127. The van der Waals surface area contributed by atoms with Crippen molar-refractivity contribution in [2.24, 2.45) is 0 Å². The second-order valence-corrected chi connectivity index (χ2v) is 10.7. The maximum atomic E-state index is 12.8. The number of carbonyl (C=O) groups excluding carboxylic acids is 1. The molecule has 0 spiro atoms. The van der Waals surface area contributed by atoms with Crippen LogP contribution in [0, 0.1) is 0 Å². The predicted molar refractivity (Wildman–Crippen MR) is 117 cm³/mol. The van der Waals surface area contributed by atoms with Gasteiger partial charge in [0.15, 0.2) is 9.84 Å². The molecule has 3 rings (SSSR count). The van der Waals surface area contributed by atoms with Crippen molar-refractivity contribution in [3.8, 4) is 10.4 Å². The van der Waals surface area contributed by atoms with Crippen LogP contribution in [-0.4, -0.2) is 43.3 Å². The monoisotopic (exact) mass is 437 g/mol. The van der Waals surface area contributed by atoms with E-state index in [1.54, 1.807) is 28.4 Å². The van der Waals surface area contributed by atoms with Crippen molar-refractivity contribution >= 4 is 44.8 Å². The fourth-order valence-corrected chi connectivity index (χ4v) is 6.29. The summed E-state index contributed by atoms with van der Waals surface area (Å²) in [6, 6.07) is 11.4. The van der Waals surface area contributed by atoms with Gasteiger partial charge in [-0.05, 0) is 37.1 Å². The third-order valence-corrected chi connectivity index (χ3v) is 8.00. The number of benzene rings is 1. The summed E-state index contributed by atoms with van der Waals surface area (Å²) in [5.41, 5.74) is 0.973. The van der Waals surface area contributed by atoms with Gasteiger partial charge in [-0.15, -0.1) is 11.3 Å². The molecule has 4 nitrogen and oxygen atoms in total. The fourth-order valence-electron chi connectivity index (χ4n) is 3.32. The van der Waals surface area contributed by atoms with Gasteiger partial charge in [-0.1, -0.05) is 43.1 Å². The number of thiophene rings is 1. The molecule has 1 aliphatic rings. The molecule has 0 bridgehead atoms. The highest BCUT2D eigenvalue weighted by molar-refractivity contribution is 7.91. The number of nitrogens with zero attached hydrogens (tertiary/aromatic N) is 1. The summed E-state index contributed by atoms with van der Waals surface area (Å²) >= 11 is 7.83. The molecule has 1 aliphatic heterocycles. The van der Waals surface area contributed by atoms with E-state index in [2.05, 4.69) is 6.92 Å². The van der Waals surface area contributed by atoms with Crippen LogP contribution in [0.2, 0.25) is 5.02 Å². The number of rotatable bonds is 7. The van der Waals surface area contributed by atoms with E-state index in [1.165, 1.54) is 0 Å². The Balaban J connectivity index is 1.73. The molecule has 1 saturated heterocycles. The van der Waals surface area contributed by atoms with E-state index >= 15 is 0 Å². The van der Waals surface area contributed by atoms with Crippen molar-refractivity contribution in [1.82, 2.24) is 4.90 Å². The minimum atomic E-state index is -3.03. The lowest BCUT2D eigenvalue weighted by atomic mass is 10.2. The molecule has 1 fully saturated rings. The number of hydrogen-bond acceptors (Lipinski definition) is 4. The number of sulfone groups is 1. The summed E-state index contributed by atoms with van der Waals surface area (Å²) in [5, 5.41) is 0.698. The SMILES string of the molecule is CCCCN(C(=O)C=Cc1ccc(-c2ccccc2Cl)s1)C1CCS(=O)(=O)C1. The molecule has 0 N–H and O–H groups in total. The van der Waals surface area contributed by atoms with Gasteiger partial charge in [-0.2, -0.15) is 0 Å². The summed E-state index contributed by atoms with van der Waals surface area (Å²) in [6.45, 7) is 2.65. The van der Waals surface area contributed by atoms with Crippen molar-refractivity contribution in [1.29, 1.82) is 0 Å². The van der Waals surface area contributed by atoms with Gasteiger partial charge >= 0.3 is 0 Å². The predicted octanol–water partition coefficient (Wildman–Crippen LogP) is 4.90. The van der Waals surface area contributed by atoms with Gasteiger partial charge in [0.1, 0.15) is 0 Å². The first kappa shape index (κ1) is 21.1. The van der Waals surface area contributed by atoms with Crippen LogP contribution < -0.4 is 0 Å². The third-order valence-electron chi connectivity index (χ3n) is 4.84. The maximum absolute atomic E-state index is 12.8. The summed E-state index contributed by atoms with van der Waals surface area (Å²) in [6.07, 6.45) is 5.71. The fraction of sp³-hybridized carbons (Fsp3) is 0.381. The van der Waals surface area contributed by atoms with Crippen molar-refractivity contribution in [3.63, 3.8) is 0 Å². The van der Waals surface area contributed by atoms with Crippen LogP contribution >= 0.6 is 22.9 Å². The van der Waals surface area contributed by atoms with Gasteiger partial charge in [0.05, 0.1) is 11.5 Å². The molecule has 0 saturated carbocycles. The van der Waals surface area contributed by atoms with E-state index in [4.69, 9.17) is 11.6 Å². The lowest BCUT2D eigenvalue weighted by Gasteiger charge is -2.27. The third kappa shape index (κ3) is 5.25. The van der Waals surface area contributed by atoms with Gasteiger partial charge in [-0.25, -0.2) is 8.42 Å². The van der Waals surface area contributed by atoms with E-state index in [0.29, 0.717) is 18.0 Å². The summed E-state index contributed by atoms with van der Waals surface area (Å²) in [5.74, 6) is 0.123. The molecular formula is C21H24ClNO3S2. The number of halogens is 1. The zero-order valence-electron chi connectivity index (χ0n) is 15.8. The molecule has 28 heavy (non-hydrogen) atoms. The number of hydrogen-bond donors (Lipinski definition) is 0. The average molecular weight is 438 g/mol. The van der Waals surface area contributed by atoms with E-state index < -0.39 is 9.84 Å². The molecule has 2 aromatic rings. The van der Waals surface area contributed by atoms with Crippen molar-refractivity contribution < 1.29 is 13.2 Å². The minimum absolute atomic E-state index is 0.0753. The number of carbonyl (C=O) groups is 1. The van der Waals surface area contributed by atoms with E-state index in [9.17, 15) is 13.2 Å². The second kappa shape index (κ2) is 9.25. The zero-order valence-corrected chi connectivity index (χ0v) is 18.2. The highest BCUT2D eigenvalue weighted by Crippen LogP contribution is 2.33. The first-order chi connectivity index (χ1) is 13.4. The standard InChI is InChI=1S/C21H24ClNO3S2/c1-2-3-13-23(16-12-14-28(25,26)15-16)21(24)11-9-17-8-10-20(27-17)18-6-4-5-7-19(18)22/h4-11,16H,2-3,12-15H2,1H3. The highest BCUT2D eigenvalue weighted by Gasteiger charge is 2.33. The molecule has 1 aromatic carbocycles. The van der Waals surface area contributed by atoms with Crippen molar-refractivity contribution in [2.45, 2.75) is 32.2 Å². The largest absolute Gasteiger partial charge is 0.335 e. The van der Waals surface area contributed by atoms with E-state index in [1.807, 2.05) is 36.4 Å². The normalized spacial score (nSPS) is 18.6. The smallest absolute Gasteiger partial charge is 0.246 e. The van der Waals surface area contributed by atoms with Crippen LogP contribution in [0.3, 0.4) is 0 Å². The minimum Gasteiger partial charge on any atom is -0.335 e. The van der Waals surface area contributed by atoms with Crippen LogP contribution in [0.5, 0.6) is 0 Å². The van der Waals surface area contributed by atoms with Gasteiger partial charge in [0, 0.05) is 39.0 Å². The Morgan fingerprint density at radius 1 is 1.29 bits per heavy atom. The Hall–Kier alpha value is -1.63. The quantitative estimate of drug-likeness (QED) is 0.579. The maximum Gasteiger partial charge on any atom is 0.246 e. The van der Waals surface area contributed by atoms with Crippen LogP contribution in [0.15, 0.2) is 42.5 Å². The van der Waals surface area contributed by atoms with E-state index in [-0.39, 0.29) is 23.5 Å². The van der Waals surface area contributed by atoms with Gasteiger partial charge < -0.3 is 4.90 Å². The average Bonchev–Trinajstić information content (AvgIpc) is 3.27. The van der Waals surface area contributed by atoms with Crippen molar-refractivity contribution in [2.75, 3.05) is 18.1 Å². The molecule has 1 aromatic heterocycles. The molecule has 150 valence electrons. The molecular weight excluding hydrogens is 414 g/mol. The second-order valence-electron chi connectivity index (χ2n) is 6.96.